The van der Waals surface area contributed by atoms with Crippen molar-refractivity contribution in [1.29, 1.82) is 0 Å². The van der Waals surface area contributed by atoms with Crippen molar-refractivity contribution in [3.63, 3.8) is 0 Å². The van der Waals surface area contributed by atoms with Crippen LogP contribution in [0, 0.1) is 0 Å². The van der Waals surface area contributed by atoms with E-state index in [1.165, 1.54) is 10.6 Å². The number of nitrogens with zero attached hydrogens (tertiary/aromatic N) is 1. The van der Waals surface area contributed by atoms with Crippen molar-refractivity contribution < 1.29 is 38.4 Å². The number of aryl methyl sites for hydroxylation is 1. The summed E-state index contributed by atoms with van der Waals surface area (Å²) in [5, 5.41) is 8.61. The van der Waals surface area contributed by atoms with Crippen molar-refractivity contribution in [2.75, 3.05) is 0 Å². The van der Waals surface area contributed by atoms with Gasteiger partial charge in [0.05, 0.1) is 4.90 Å². The molecule has 0 aliphatic heterocycles. The van der Waals surface area contributed by atoms with E-state index in [2.05, 4.69) is 12.6 Å². The number of rotatable bonds is 1. The van der Waals surface area contributed by atoms with Crippen molar-refractivity contribution in [2.45, 2.75) is 4.90 Å². The summed E-state index contributed by atoms with van der Waals surface area (Å²) in [4.78, 5) is 11.2. The maximum atomic E-state index is 10.5. The number of carboxylic acids is 1. The first-order valence-corrected chi connectivity index (χ1v) is 3.48. The molecule has 0 fully saturated rings. The van der Waals surface area contributed by atoms with Crippen LogP contribution in [0.15, 0.2) is 23.2 Å². The molecule has 0 amide bonds. The van der Waals surface area contributed by atoms with Gasteiger partial charge >= 0.3 is 5.97 Å². The zero-order valence-corrected chi connectivity index (χ0v) is 9.41. The zero-order valence-electron chi connectivity index (χ0n) is 6.36. The highest BCUT2D eigenvalue weighted by atomic mass is 127. The van der Waals surface area contributed by atoms with Crippen LogP contribution in [0.4, 0.5) is 0 Å². The van der Waals surface area contributed by atoms with Gasteiger partial charge in [-0.15, -0.1) is 12.6 Å². The van der Waals surface area contributed by atoms with Crippen LogP contribution in [0.5, 0.6) is 0 Å². The van der Waals surface area contributed by atoms with Crippen LogP contribution in [0.2, 0.25) is 0 Å². The van der Waals surface area contributed by atoms with Crippen LogP contribution in [-0.2, 0) is 7.05 Å². The molecule has 1 aromatic heterocycles. The summed E-state index contributed by atoms with van der Waals surface area (Å²) in [5.74, 6) is -0.930. The van der Waals surface area contributed by atoms with Gasteiger partial charge in [0.25, 0.3) is 5.69 Å². The number of carboxylic acid groups (broad SMARTS) is 1. The first-order chi connectivity index (χ1) is 5.11. The summed E-state index contributed by atoms with van der Waals surface area (Å²) in [6.45, 7) is 0. The number of aromatic carboxylic acids is 1. The fourth-order valence-corrected chi connectivity index (χ4v) is 1.06. The Labute approximate surface area is 92.8 Å². The number of aromatic nitrogens is 1. The highest BCUT2D eigenvalue weighted by molar-refractivity contribution is 7.80. The van der Waals surface area contributed by atoms with Crippen LogP contribution in [0.25, 0.3) is 0 Å². The van der Waals surface area contributed by atoms with E-state index in [9.17, 15) is 4.79 Å². The SMILES string of the molecule is C[n+]1cc(S)ccc1C(=O)O.[I-]. The second-order valence-corrected chi connectivity index (χ2v) is 2.70. The van der Waals surface area contributed by atoms with E-state index in [1.54, 1.807) is 19.3 Å². The smallest absolute Gasteiger partial charge is 0.401 e. The number of halogens is 1. The minimum Gasteiger partial charge on any atom is -1.00 e. The van der Waals surface area contributed by atoms with Crippen LogP contribution in [0.3, 0.4) is 0 Å². The second kappa shape index (κ2) is 4.66. The number of hydrogen-bond donors (Lipinski definition) is 2. The van der Waals surface area contributed by atoms with E-state index in [-0.39, 0.29) is 29.7 Å². The maximum Gasteiger partial charge on any atom is 0.401 e. The Hall–Kier alpha value is -0.300. The molecule has 0 aliphatic rings. The molecule has 1 heterocycles. The molecule has 0 bridgehead atoms. The molecule has 0 saturated heterocycles. The Morgan fingerprint density at radius 2 is 2.17 bits per heavy atom. The summed E-state index contributed by atoms with van der Waals surface area (Å²) < 4.78 is 1.52. The van der Waals surface area contributed by atoms with Gasteiger partial charge in [0.15, 0.2) is 6.20 Å². The average molecular weight is 297 g/mol. The Bertz CT molecular complexity index is 303. The van der Waals surface area contributed by atoms with Gasteiger partial charge in [-0.05, 0) is 6.07 Å². The van der Waals surface area contributed by atoms with Crippen LogP contribution >= 0.6 is 12.6 Å². The molecule has 0 atom stereocenters. The summed E-state index contributed by atoms with van der Waals surface area (Å²) in [6.07, 6.45) is 1.65. The second-order valence-electron chi connectivity index (χ2n) is 2.19. The van der Waals surface area contributed by atoms with Gasteiger partial charge in [-0.1, -0.05) is 0 Å². The molecular formula is C7H8INO2S. The highest BCUT2D eigenvalue weighted by Gasteiger charge is 2.13. The van der Waals surface area contributed by atoms with Gasteiger partial charge in [-0.3, -0.25) is 0 Å². The monoisotopic (exact) mass is 297 g/mol. The van der Waals surface area contributed by atoms with Gasteiger partial charge in [-0.2, -0.15) is 4.57 Å². The normalized spacial score (nSPS) is 8.83. The van der Waals surface area contributed by atoms with Gasteiger partial charge in [0, 0.05) is 6.07 Å². The van der Waals surface area contributed by atoms with Crippen LogP contribution < -0.4 is 28.5 Å². The molecule has 0 aliphatic carbocycles. The summed E-state index contributed by atoms with van der Waals surface area (Å²) in [6, 6.07) is 3.16. The lowest BCUT2D eigenvalue weighted by Gasteiger charge is -1.93. The highest BCUT2D eigenvalue weighted by Crippen LogP contribution is 2.01. The van der Waals surface area contributed by atoms with Crippen molar-refractivity contribution in [3.05, 3.63) is 24.0 Å². The van der Waals surface area contributed by atoms with Crippen molar-refractivity contribution in [3.8, 4) is 0 Å². The topological polar surface area (TPSA) is 41.2 Å². The molecule has 12 heavy (non-hydrogen) atoms. The molecule has 0 saturated carbocycles. The van der Waals surface area contributed by atoms with Crippen molar-refractivity contribution in [2.24, 2.45) is 7.05 Å². The molecule has 3 nitrogen and oxygen atoms in total. The summed E-state index contributed by atoms with van der Waals surface area (Å²) in [5.41, 5.74) is 0.253. The lowest BCUT2D eigenvalue weighted by molar-refractivity contribution is -0.675. The van der Waals surface area contributed by atoms with Gasteiger partial charge in [0.2, 0.25) is 0 Å². The summed E-state index contributed by atoms with van der Waals surface area (Å²) in [7, 11) is 1.67. The molecule has 66 valence electrons. The van der Waals surface area contributed by atoms with Crippen molar-refractivity contribution >= 4 is 18.6 Å². The third-order valence-corrected chi connectivity index (χ3v) is 1.60. The van der Waals surface area contributed by atoms with E-state index in [4.69, 9.17) is 5.11 Å². The molecule has 0 radical (unpaired) electrons. The number of pyridine rings is 1. The Kier molecular flexibility index (Phi) is 4.54. The third kappa shape index (κ3) is 2.63. The standard InChI is InChI=1S/C7H7NO2S.HI/c1-8-4-5(11)2-3-6(8)7(9)10;/h2-4H,1H3,(H-,9,10,11);1H. The largest absolute Gasteiger partial charge is 1.00 e. The Morgan fingerprint density at radius 1 is 1.58 bits per heavy atom. The molecule has 5 heteroatoms. The zero-order chi connectivity index (χ0) is 8.43. The first kappa shape index (κ1) is 11.7. The van der Waals surface area contributed by atoms with Gasteiger partial charge in [-0.25, -0.2) is 4.79 Å². The first-order valence-electron chi connectivity index (χ1n) is 3.03. The van der Waals surface area contributed by atoms with E-state index < -0.39 is 5.97 Å². The van der Waals surface area contributed by atoms with E-state index in [1.807, 2.05) is 0 Å². The minimum atomic E-state index is -0.930. The molecule has 1 aromatic rings. The molecule has 1 rings (SSSR count). The fourth-order valence-electron chi connectivity index (χ4n) is 0.815. The molecule has 0 spiro atoms. The van der Waals surface area contributed by atoms with Gasteiger partial charge < -0.3 is 29.1 Å². The van der Waals surface area contributed by atoms with E-state index in [0.29, 0.717) is 0 Å². The summed E-state index contributed by atoms with van der Waals surface area (Å²) >= 11 is 4.06. The van der Waals surface area contributed by atoms with E-state index >= 15 is 0 Å². The number of hydrogen-bond acceptors (Lipinski definition) is 2. The molecule has 0 aromatic carbocycles. The predicted octanol–water partition coefficient (Wildman–Crippen LogP) is -2.50. The maximum absolute atomic E-state index is 10.5. The molecule has 0 unspecified atom stereocenters. The van der Waals surface area contributed by atoms with Crippen LogP contribution in [0.1, 0.15) is 10.5 Å². The van der Waals surface area contributed by atoms with Crippen molar-refractivity contribution in [1.82, 2.24) is 0 Å². The lowest BCUT2D eigenvalue weighted by Crippen LogP contribution is -3.00. The number of thiol groups is 1. The lowest BCUT2D eigenvalue weighted by atomic mass is 10.3. The van der Waals surface area contributed by atoms with Gasteiger partial charge in [0.1, 0.15) is 7.05 Å². The number of carbonyl (C=O) groups is 1. The van der Waals surface area contributed by atoms with Crippen LogP contribution in [-0.4, -0.2) is 11.1 Å². The average Bonchev–Trinajstić information content (AvgIpc) is 1.85. The Balaban J connectivity index is 0.00000121. The third-order valence-electron chi connectivity index (χ3n) is 1.34. The molecule has 1 N–H and O–H groups in total. The Morgan fingerprint density at radius 3 is 2.58 bits per heavy atom. The van der Waals surface area contributed by atoms with E-state index in [0.717, 1.165) is 4.90 Å². The minimum absolute atomic E-state index is 0. The molecular weight excluding hydrogens is 289 g/mol. The predicted molar refractivity (Wildman–Crippen MR) is 41.8 cm³/mol. The fraction of sp³-hybridized carbons (Fsp3) is 0.143. The quantitative estimate of drug-likeness (QED) is 0.342.